The molecule has 0 saturated heterocycles. The molecule has 92 valence electrons. The molecule has 0 atom stereocenters. The summed E-state index contributed by atoms with van der Waals surface area (Å²) in [7, 11) is 0. The average molecular weight is 255 g/mol. The van der Waals surface area contributed by atoms with E-state index in [1.165, 1.54) is 12.4 Å². The number of aliphatic hydroxyl groups is 1. The van der Waals surface area contributed by atoms with Gasteiger partial charge in [0.05, 0.1) is 22.7 Å². The van der Waals surface area contributed by atoms with Crippen LogP contribution in [-0.4, -0.2) is 28.1 Å². The number of hydrogen-bond donors (Lipinski definition) is 2. The lowest BCUT2D eigenvalue weighted by Gasteiger charge is -2.28. The summed E-state index contributed by atoms with van der Waals surface area (Å²) >= 11 is 5.91. The van der Waals surface area contributed by atoms with Gasteiger partial charge in [-0.15, -0.1) is 0 Å². The van der Waals surface area contributed by atoms with Gasteiger partial charge in [0.25, 0.3) is 5.91 Å². The molecule has 4 nitrogen and oxygen atoms in total. The third-order valence-electron chi connectivity index (χ3n) is 3.26. The average Bonchev–Trinajstić information content (AvgIpc) is 2.79. The Hall–Kier alpha value is -1.13. The number of aliphatic hydroxyl groups excluding tert-OH is 1. The highest BCUT2D eigenvalue weighted by Crippen LogP contribution is 2.29. The van der Waals surface area contributed by atoms with Crippen LogP contribution < -0.4 is 5.32 Å². The van der Waals surface area contributed by atoms with Crippen LogP contribution in [0.1, 0.15) is 36.0 Å². The summed E-state index contributed by atoms with van der Waals surface area (Å²) in [6, 6.07) is 1.58. The van der Waals surface area contributed by atoms with Crippen LogP contribution in [-0.2, 0) is 0 Å². The van der Waals surface area contributed by atoms with Crippen LogP contribution in [0, 0.1) is 0 Å². The number of halogens is 1. The topological polar surface area (TPSA) is 62.2 Å². The van der Waals surface area contributed by atoms with Crippen molar-refractivity contribution in [1.29, 1.82) is 0 Å². The summed E-state index contributed by atoms with van der Waals surface area (Å²) in [4.78, 5) is 15.9. The number of carbonyl (C=O) groups excluding carboxylic acids is 1. The molecular formula is C12H15ClN2O2. The van der Waals surface area contributed by atoms with Crippen molar-refractivity contribution < 1.29 is 9.90 Å². The smallest absolute Gasteiger partial charge is 0.253 e. The standard InChI is InChI=1S/C12H15ClN2O2/c13-10-7-14-6-3-9(10)11(17)15-12(8-16)4-1-2-5-12/h3,6-7,16H,1-2,4-5,8H2,(H,15,17). The van der Waals surface area contributed by atoms with Crippen LogP contribution in [0.15, 0.2) is 18.5 Å². The van der Waals surface area contributed by atoms with Crippen molar-refractivity contribution in [3.05, 3.63) is 29.0 Å². The number of aromatic nitrogens is 1. The largest absolute Gasteiger partial charge is 0.394 e. The van der Waals surface area contributed by atoms with Crippen molar-refractivity contribution in [3.8, 4) is 0 Å². The van der Waals surface area contributed by atoms with E-state index in [1.54, 1.807) is 6.07 Å². The normalized spacial score (nSPS) is 18.0. The van der Waals surface area contributed by atoms with Crippen LogP contribution in [0.25, 0.3) is 0 Å². The molecule has 1 aliphatic carbocycles. The zero-order chi connectivity index (χ0) is 12.3. The highest BCUT2D eigenvalue weighted by molar-refractivity contribution is 6.33. The van der Waals surface area contributed by atoms with Crippen molar-refractivity contribution in [2.75, 3.05) is 6.61 Å². The van der Waals surface area contributed by atoms with Gasteiger partial charge >= 0.3 is 0 Å². The number of rotatable bonds is 3. The summed E-state index contributed by atoms with van der Waals surface area (Å²) < 4.78 is 0. The van der Waals surface area contributed by atoms with Crippen molar-refractivity contribution in [2.45, 2.75) is 31.2 Å². The van der Waals surface area contributed by atoms with E-state index in [4.69, 9.17) is 11.6 Å². The van der Waals surface area contributed by atoms with Gasteiger partial charge in [0.1, 0.15) is 0 Å². The molecule has 0 bridgehead atoms. The summed E-state index contributed by atoms with van der Waals surface area (Å²) in [6.07, 6.45) is 6.67. The first-order valence-corrected chi connectivity index (χ1v) is 6.08. The Morgan fingerprint density at radius 1 is 1.53 bits per heavy atom. The Bertz CT molecular complexity index is 417. The van der Waals surface area contributed by atoms with E-state index in [0.717, 1.165) is 25.7 Å². The molecule has 17 heavy (non-hydrogen) atoms. The lowest BCUT2D eigenvalue weighted by atomic mass is 9.98. The van der Waals surface area contributed by atoms with E-state index in [-0.39, 0.29) is 12.5 Å². The third kappa shape index (κ3) is 2.58. The quantitative estimate of drug-likeness (QED) is 0.864. The molecule has 1 saturated carbocycles. The van der Waals surface area contributed by atoms with Gasteiger partial charge < -0.3 is 10.4 Å². The van der Waals surface area contributed by atoms with E-state index < -0.39 is 5.54 Å². The van der Waals surface area contributed by atoms with Crippen molar-refractivity contribution in [3.63, 3.8) is 0 Å². The van der Waals surface area contributed by atoms with Crippen molar-refractivity contribution >= 4 is 17.5 Å². The first-order valence-electron chi connectivity index (χ1n) is 5.70. The van der Waals surface area contributed by atoms with E-state index >= 15 is 0 Å². The third-order valence-corrected chi connectivity index (χ3v) is 3.56. The minimum Gasteiger partial charge on any atom is -0.394 e. The molecule has 1 fully saturated rings. The lowest BCUT2D eigenvalue weighted by Crippen LogP contribution is -2.49. The van der Waals surface area contributed by atoms with Gasteiger partial charge in [-0.1, -0.05) is 24.4 Å². The van der Waals surface area contributed by atoms with Gasteiger partial charge in [-0.2, -0.15) is 0 Å². The van der Waals surface area contributed by atoms with Gasteiger partial charge in [-0.25, -0.2) is 0 Å². The Kier molecular flexibility index (Phi) is 3.64. The van der Waals surface area contributed by atoms with E-state index in [1.807, 2.05) is 0 Å². The van der Waals surface area contributed by atoms with Gasteiger partial charge in [0.15, 0.2) is 0 Å². The fourth-order valence-corrected chi connectivity index (χ4v) is 2.45. The SMILES string of the molecule is O=C(NC1(CO)CCCC1)c1ccncc1Cl. The first kappa shape index (κ1) is 12.3. The minimum atomic E-state index is -0.469. The van der Waals surface area contributed by atoms with Gasteiger partial charge in [-0.05, 0) is 18.9 Å². The molecule has 0 unspecified atom stereocenters. The molecule has 1 amide bonds. The highest BCUT2D eigenvalue weighted by Gasteiger charge is 2.35. The molecular weight excluding hydrogens is 240 g/mol. The van der Waals surface area contributed by atoms with Gasteiger partial charge in [0, 0.05) is 12.4 Å². The molecule has 0 radical (unpaired) electrons. The monoisotopic (exact) mass is 254 g/mol. The zero-order valence-corrected chi connectivity index (χ0v) is 10.2. The maximum atomic E-state index is 12.1. The van der Waals surface area contributed by atoms with E-state index in [2.05, 4.69) is 10.3 Å². The van der Waals surface area contributed by atoms with Gasteiger partial charge in [-0.3, -0.25) is 9.78 Å². The van der Waals surface area contributed by atoms with Crippen LogP contribution in [0.2, 0.25) is 5.02 Å². The molecule has 0 aliphatic heterocycles. The molecule has 0 aromatic carbocycles. The van der Waals surface area contributed by atoms with Gasteiger partial charge in [0.2, 0.25) is 0 Å². The molecule has 5 heteroatoms. The molecule has 2 rings (SSSR count). The van der Waals surface area contributed by atoms with Crippen molar-refractivity contribution in [1.82, 2.24) is 10.3 Å². The molecule has 1 heterocycles. The number of carbonyl (C=O) groups is 1. The van der Waals surface area contributed by atoms with Crippen LogP contribution >= 0.6 is 11.6 Å². The van der Waals surface area contributed by atoms with E-state index in [0.29, 0.717) is 10.6 Å². The summed E-state index contributed by atoms with van der Waals surface area (Å²) in [6.45, 7) is -0.0263. The molecule has 1 aliphatic rings. The number of amides is 1. The molecule has 0 spiro atoms. The molecule has 1 aromatic rings. The number of pyridine rings is 1. The first-order chi connectivity index (χ1) is 8.17. The van der Waals surface area contributed by atoms with Crippen LogP contribution in [0.5, 0.6) is 0 Å². The van der Waals surface area contributed by atoms with Crippen LogP contribution in [0.3, 0.4) is 0 Å². The second kappa shape index (κ2) is 5.02. The fourth-order valence-electron chi connectivity index (χ4n) is 2.24. The highest BCUT2D eigenvalue weighted by atomic mass is 35.5. The number of nitrogens with zero attached hydrogens (tertiary/aromatic N) is 1. The maximum absolute atomic E-state index is 12.1. The number of nitrogens with one attached hydrogen (secondary N) is 1. The zero-order valence-electron chi connectivity index (χ0n) is 9.45. The lowest BCUT2D eigenvalue weighted by molar-refractivity contribution is 0.0838. The van der Waals surface area contributed by atoms with Crippen LogP contribution in [0.4, 0.5) is 0 Å². The Balaban J connectivity index is 2.14. The number of hydrogen-bond acceptors (Lipinski definition) is 3. The summed E-state index contributed by atoms with van der Waals surface area (Å²) in [5.74, 6) is -0.242. The van der Waals surface area contributed by atoms with Crippen molar-refractivity contribution in [2.24, 2.45) is 0 Å². The fraction of sp³-hybridized carbons (Fsp3) is 0.500. The Labute approximate surface area is 105 Å². The maximum Gasteiger partial charge on any atom is 0.253 e. The Morgan fingerprint density at radius 3 is 2.82 bits per heavy atom. The predicted octanol–water partition coefficient (Wildman–Crippen LogP) is 1.77. The second-order valence-electron chi connectivity index (χ2n) is 4.46. The molecule has 1 aromatic heterocycles. The Morgan fingerprint density at radius 2 is 2.24 bits per heavy atom. The minimum absolute atomic E-state index is 0.0263. The molecule has 2 N–H and O–H groups in total. The summed E-state index contributed by atoms with van der Waals surface area (Å²) in [5, 5.41) is 12.6. The second-order valence-corrected chi connectivity index (χ2v) is 4.86. The summed E-state index contributed by atoms with van der Waals surface area (Å²) in [5.41, 5.74) is -0.0645. The predicted molar refractivity (Wildman–Crippen MR) is 65.0 cm³/mol. The van der Waals surface area contributed by atoms with E-state index in [9.17, 15) is 9.90 Å².